The molecule has 0 aliphatic rings. The average Bonchev–Trinajstić information content (AvgIpc) is 2.99. The van der Waals surface area contributed by atoms with E-state index in [4.69, 9.17) is 16.0 Å². The van der Waals surface area contributed by atoms with E-state index in [1.54, 1.807) is 42.5 Å². The molecule has 216 valence electrons. The van der Waals surface area contributed by atoms with Gasteiger partial charge in [-0.1, -0.05) is 60.2 Å². The van der Waals surface area contributed by atoms with Crippen LogP contribution in [0.5, 0.6) is 17.2 Å². The summed E-state index contributed by atoms with van der Waals surface area (Å²) in [5, 5.41) is 0. The summed E-state index contributed by atoms with van der Waals surface area (Å²) in [5.74, 6) is 1.58. The first-order valence-electron chi connectivity index (χ1n) is 13.5. The van der Waals surface area contributed by atoms with Crippen molar-refractivity contribution in [1.29, 1.82) is 0 Å². The smallest absolute Gasteiger partial charge is 0.407 e. The van der Waals surface area contributed by atoms with Gasteiger partial charge in [0.1, 0.15) is 23.9 Å². The van der Waals surface area contributed by atoms with Crippen molar-refractivity contribution in [3.63, 3.8) is 0 Å². The summed E-state index contributed by atoms with van der Waals surface area (Å²) in [7, 11) is 0. The van der Waals surface area contributed by atoms with E-state index in [0.29, 0.717) is 29.4 Å². The number of hydrogen-bond donors (Lipinski definition) is 0. The lowest BCUT2D eigenvalue weighted by Gasteiger charge is -2.19. The second-order valence-electron chi connectivity index (χ2n) is 10.1. The highest BCUT2D eigenvalue weighted by Gasteiger charge is 2.36. The minimum Gasteiger partial charge on any atom is -0.489 e. The van der Waals surface area contributed by atoms with Crippen molar-refractivity contribution in [3.8, 4) is 28.5 Å². The van der Waals surface area contributed by atoms with Gasteiger partial charge in [0.2, 0.25) is 0 Å². The molecule has 0 N–H and O–H groups in total. The standard InChI is InChI=1S/C35H27F3N2O3/c1-23-12-13-27(24(2)18-23)21-40-32(20-31(35(36,37)38)33(39-3)34(40)41)26-14-16-28(17-15-26)43-30-11-7-10-29(19-30)42-22-25-8-5-4-6-9-25/h4-20H,21-22H2,1-2H3. The third-order valence-electron chi connectivity index (χ3n) is 6.96. The summed E-state index contributed by atoms with van der Waals surface area (Å²) in [6.45, 7) is 11.5. The van der Waals surface area contributed by atoms with Crippen LogP contribution in [0, 0.1) is 20.4 Å². The van der Waals surface area contributed by atoms with Gasteiger partial charge in [-0.2, -0.15) is 13.2 Å². The first-order valence-corrected chi connectivity index (χ1v) is 13.5. The minimum atomic E-state index is -4.87. The van der Waals surface area contributed by atoms with E-state index in [9.17, 15) is 18.0 Å². The summed E-state index contributed by atoms with van der Waals surface area (Å²) in [5.41, 5.74) is 0.920. The van der Waals surface area contributed by atoms with Gasteiger partial charge in [-0.05, 0) is 78.6 Å². The van der Waals surface area contributed by atoms with Gasteiger partial charge in [-0.15, -0.1) is 0 Å². The molecule has 8 heteroatoms. The Morgan fingerprint density at radius 3 is 2.21 bits per heavy atom. The fourth-order valence-electron chi connectivity index (χ4n) is 4.75. The van der Waals surface area contributed by atoms with Crippen molar-refractivity contribution in [2.75, 3.05) is 0 Å². The number of aryl methyl sites for hydroxylation is 2. The number of nitrogens with zero attached hydrogens (tertiary/aromatic N) is 2. The number of pyridine rings is 1. The molecular formula is C35H27F3N2O3. The van der Waals surface area contributed by atoms with Crippen LogP contribution in [0.4, 0.5) is 18.9 Å². The van der Waals surface area contributed by atoms with E-state index >= 15 is 0 Å². The Balaban J connectivity index is 1.46. The Hall–Kier alpha value is -5.29. The molecule has 4 aromatic carbocycles. The Bertz CT molecular complexity index is 1860. The Morgan fingerprint density at radius 1 is 0.814 bits per heavy atom. The zero-order chi connectivity index (χ0) is 30.6. The van der Waals surface area contributed by atoms with Crippen molar-refractivity contribution in [3.05, 3.63) is 153 Å². The number of alkyl halides is 3. The van der Waals surface area contributed by atoms with Crippen LogP contribution in [-0.2, 0) is 19.3 Å². The fourth-order valence-corrected chi connectivity index (χ4v) is 4.75. The molecule has 5 nitrogen and oxygen atoms in total. The molecule has 5 rings (SSSR count). The monoisotopic (exact) mass is 580 g/mol. The highest BCUT2D eigenvalue weighted by atomic mass is 19.4. The number of aromatic nitrogens is 1. The first kappa shape index (κ1) is 29.2. The SMILES string of the molecule is [C-]#[N+]c1c(C(F)(F)F)cc(-c2ccc(Oc3cccc(OCc4ccccc4)c3)cc2)n(Cc2ccc(C)cc2C)c1=O. The molecule has 5 aromatic rings. The third-order valence-corrected chi connectivity index (χ3v) is 6.96. The zero-order valence-electron chi connectivity index (χ0n) is 23.5. The van der Waals surface area contributed by atoms with Crippen LogP contribution in [-0.4, -0.2) is 4.57 Å². The van der Waals surface area contributed by atoms with Crippen LogP contribution >= 0.6 is 0 Å². The van der Waals surface area contributed by atoms with Gasteiger partial charge in [0.25, 0.3) is 11.2 Å². The maximum atomic E-state index is 13.9. The van der Waals surface area contributed by atoms with Crippen LogP contribution in [0.1, 0.15) is 27.8 Å². The largest absolute Gasteiger partial charge is 0.489 e. The number of ether oxygens (including phenoxy) is 2. The average molecular weight is 581 g/mol. The van der Waals surface area contributed by atoms with Gasteiger partial charge < -0.3 is 14.0 Å². The number of rotatable bonds is 8. The molecule has 1 aromatic heterocycles. The molecule has 0 unspecified atom stereocenters. The highest BCUT2D eigenvalue weighted by molar-refractivity contribution is 5.67. The van der Waals surface area contributed by atoms with Gasteiger partial charge >= 0.3 is 6.18 Å². The van der Waals surface area contributed by atoms with Crippen molar-refractivity contribution in [1.82, 2.24) is 4.57 Å². The van der Waals surface area contributed by atoms with Crippen LogP contribution in [0.25, 0.3) is 16.1 Å². The Morgan fingerprint density at radius 2 is 1.53 bits per heavy atom. The molecule has 0 fully saturated rings. The van der Waals surface area contributed by atoms with E-state index < -0.39 is 23.0 Å². The van der Waals surface area contributed by atoms with E-state index in [0.717, 1.165) is 28.3 Å². The van der Waals surface area contributed by atoms with E-state index in [1.807, 2.05) is 68.4 Å². The molecule has 0 aliphatic carbocycles. The molecular weight excluding hydrogens is 553 g/mol. The van der Waals surface area contributed by atoms with E-state index in [2.05, 4.69) is 4.85 Å². The van der Waals surface area contributed by atoms with Crippen LogP contribution in [0.3, 0.4) is 0 Å². The molecule has 1 heterocycles. The first-order chi connectivity index (χ1) is 20.6. The highest BCUT2D eigenvalue weighted by Crippen LogP contribution is 2.38. The predicted octanol–water partition coefficient (Wildman–Crippen LogP) is 9.12. The maximum Gasteiger partial charge on any atom is 0.407 e. The van der Waals surface area contributed by atoms with Crippen molar-refractivity contribution in [2.45, 2.75) is 33.2 Å². The Labute approximate surface area is 247 Å². The van der Waals surface area contributed by atoms with Crippen LogP contribution in [0.2, 0.25) is 0 Å². The summed E-state index contributed by atoms with van der Waals surface area (Å²) >= 11 is 0. The fraction of sp³-hybridized carbons (Fsp3) is 0.143. The second kappa shape index (κ2) is 12.3. The van der Waals surface area contributed by atoms with Crippen molar-refractivity contribution < 1.29 is 22.6 Å². The van der Waals surface area contributed by atoms with E-state index in [-0.39, 0.29) is 12.2 Å². The van der Waals surface area contributed by atoms with Crippen LogP contribution in [0.15, 0.2) is 108 Å². The van der Waals surface area contributed by atoms with Gasteiger partial charge in [-0.25, -0.2) is 4.85 Å². The molecule has 0 saturated carbocycles. The van der Waals surface area contributed by atoms with E-state index in [1.165, 1.54) is 4.57 Å². The molecule has 0 spiro atoms. The number of halogens is 3. The van der Waals surface area contributed by atoms with Crippen molar-refractivity contribution in [2.24, 2.45) is 0 Å². The summed E-state index contributed by atoms with van der Waals surface area (Å²) < 4.78 is 54.9. The van der Waals surface area contributed by atoms with Gasteiger partial charge in [0.15, 0.2) is 0 Å². The molecule has 0 aliphatic heterocycles. The third kappa shape index (κ3) is 6.79. The molecule has 0 saturated heterocycles. The topological polar surface area (TPSA) is 44.8 Å². The lowest BCUT2D eigenvalue weighted by atomic mass is 10.0. The van der Waals surface area contributed by atoms with Gasteiger partial charge in [0.05, 0.1) is 18.7 Å². The van der Waals surface area contributed by atoms with Gasteiger partial charge in [-0.3, -0.25) is 4.79 Å². The second-order valence-corrected chi connectivity index (χ2v) is 10.1. The number of hydrogen-bond acceptors (Lipinski definition) is 3. The summed E-state index contributed by atoms with van der Waals surface area (Å²) in [4.78, 5) is 16.3. The molecule has 0 radical (unpaired) electrons. The minimum absolute atomic E-state index is 0.00889. The Kier molecular flexibility index (Phi) is 8.35. The normalized spacial score (nSPS) is 11.2. The predicted molar refractivity (Wildman–Crippen MR) is 160 cm³/mol. The summed E-state index contributed by atoms with van der Waals surface area (Å²) in [6, 6.07) is 29.8. The number of benzene rings is 4. The molecule has 43 heavy (non-hydrogen) atoms. The zero-order valence-corrected chi connectivity index (χ0v) is 23.5. The van der Waals surface area contributed by atoms with Crippen molar-refractivity contribution >= 4 is 5.69 Å². The molecule has 0 amide bonds. The molecule has 0 atom stereocenters. The lowest BCUT2D eigenvalue weighted by Crippen LogP contribution is -2.25. The summed E-state index contributed by atoms with van der Waals surface area (Å²) in [6.07, 6.45) is -4.87. The van der Waals surface area contributed by atoms with Crippen LogP contribution < -0.4 is 15.0 Å². The quantitative estimate of drug-likeness (QED) is 0.172. The lowest BCUT2D eigenvalue weighted by molar-refractivity contribution is -0.136. The van der Waals surface area contributed by atoms with Gasteiger partial charge in [0, 0.05) is 11.8 Å². The maximum absolute atomic E-state index is 13.9. The molecule has 0 bridgehead atoms.